The lowest BCUT2D eigenvalue weighted by Gasteiger charge is -2.37. The van der Waals surface area contributed by atoms with E-state index in [9.17, 15) is 4.79 Å². The van der Waals surface area contributed by atoms with Crippen molar-refractivity contribution in [1.29, 1.82) is 0 Å². The number of hydrogen-bond donors (Lipinski definition) is 0. The van der Waals surface area contributed by atoms with Gasteiger partial charge in [0.05, 0.1) is 0 Å². The lowest BCUT2D eigenvalue weighted by molar-refractivity contribution is -0.144. The fourth-order valence-electron chi connectivity index (χ4n) is 1.47. The molecular formula is C14H30O4Si. The van der Waals surface area contributed by atoms with Crippen LogP contribution in [0.5, 0.6) is 0 Å². The molecule has 5 heteroatoms. The van der Waals surface area contributed by atoms with Crippen molar-refractivity contribution in [3.63, 3.8) is 0 Å². The maximum atomic E-state index is 11.6. The molecule has 2 atom stereocenters. The Hall–Kier alpha value is -0.233. The average Bonchev–Trinajstić information content (AvgIpc) is 2.25. The van der Waals surface area contributed by atoms with Crippen LogP contribution >= 0.6 is 0 Å². The third-order valence-electron chi connectivity index (χ3n) is 3.80. The smallest absolute Gasteiger partial charge is 0.191 e. The van der Waals surface area contributed by atoms with Gasteiger partial charge in [-0.2, -0.15) is 0 Å². The zero-order valence-corrected chi connectivity index (χ0v) is 14.7. The Kier molecular flexibility index (Phi) is 7.43. The van der Waals surface area contributed by atoms with Gasteiger partial charge >= 0.3 is 0 Å². The molecule has 0 aliphatic heterocycles. The molecule has 0 N–H and O–H groups in total. The highest BCUT2D eigenvalue weighted by molar-refractivity contribution is 6.74. The van der Waals surface area contributed by atoms with Crippen LogP contribution < -0.4 is 0 Å². The first-order chi connectivity index (χ1) is 8.53. The first-order valence-corrected chi connectivity index (χ1v) is 9.68. The highest BCUT2D eigenvalue weighted by Crippen LogP contribution is 2.36. The summed E-state index contributed by atoms with van der Waals surface area (Å²) >= 11 is 0. The summed E-state index contributed by atoms with van der Waals surface area (Å²) < 4.78 is 16.4. The summed E-state index contributed by atoms with van der Waals surface area (Å²) in [7, 11) is -0.228. The van der Waals surface area contributed by atoms with Gasteiger partial charge in [0.1, 0.15) is 12.9 Å². The average molecular weight is 290 g/mol. The minimum absolute atomic E-state index is 0.0170. The first-order valence-electron chi connectivity index (χ1n) is 6.78. The number of carbonyl (C=O) groups excluding carboxylic acids is 1. The van der Waals surface area contributed by atoms with Crippen molar-refractivity contribution in [2.24, 2.45) is 5.92 Å². The Labute approximate surface area is 118 Å². The number of Topliss-reactive ketones (excluding diaryl/α,β-unsaturated/α-hetero) is 1. The normalized spacial score (nSPS) is 16.2. The summed E-state index contributed by atoms with van der Waals surface area (Å²) in [5, 5.41) is 0.172. The maximum Gasteiger partial charge on any atom is 0.191 e. The van der Waals surface area contributed by atoms with E-state index in [1.165, 1.54) is 0 Å². The molecule has 0 aromatic rings. The maximum absolute atomic E-state index is 11.6. The van der Waals surface area contributed by atoms with E-state index in [0.29, 0.717) is 6.61 Å². The Balaban J connectivity index is 4.49. The van der Waals surface area contributed by atoms with Crippen LogP contribution in [0.25, 0.3) is 0 Å². The largest absolute Gasteiger partial charge is 0.416 e. The molecule has 0 bridgehead atoms. The quantitative estimate of drug-likeness (QED) is 0.508. The molecule has 4 nitrogen and oxygen atoms in total. The van der Waals surface area contributed by atoms with Crippen molar-refractivity contribution in [3.8, 4) is 0 Å². The minimum atomic E-state index is -1.78. The molecule has 19 heavy (non-hydrogen) atoms. The lowest BCUT2D eigenvalue weighted by Crippen LogP contribution is -2.43. The zero-order chi connectivity index (χ0) is 15.3. The number of ketones is 1. The van der Waals surface area contributed by atoms with Crippen molar-refractivity contribution in [1.82, 2.24) is 0 Å². The Morgan fingerprint density at radius 1 is 1.26 bits per heavy atom. The Morgan fingerprint density at radius 3 is 2.16 bits per heavy atom. The summed E-state index contributed by atoms with van der Waals surface area (Å²) in [6.45, 7) is 15.2. The van der Waals surface area contributed by atoms with E-state index in [1.54, 1.807) is 14.0 Å². The molecular weight excluding hydrogens is 260 g/mol. The molecule has 0 saturated heterocycles. The number of carbonyl (C=O) groups is 1. The van der Waals surface area contributed by atoms with Crippen molar-refractivity contribution < 1.29 is 18.7 Å². The molecule has 0 rings (SSSR count). The fraction of sp³-hybridized carbons (Fsp3) is 0.929. The third kappa shape index (κ3) is 6.16. The van der Waals surface area contributed by atoms with E-state index in [-0.39, 0.29) is 23.5 Å². The standard InChI is InChI=1S/C14H30O4Si/c1-11(13(12(2)15)17-10-16-6)9-18-19(7,8)14(3,4)5/h11,13H,9-10H2,1-8H3/t11-,13+/m1/s1. The SMILES string of the molecule is COCO[C@H](C(C)=O)[C@H](C)CO[Si](C)(C)C(C)(C)C. The topological polar surface area (TPSA) is 44.8 Å². The second-order valence-electron chi connectivity index (χ2n) is 6.65. The summed E-state index contributed by atoms with van der Waals surface area (Å²) in [6.07, 6.45) is -0.454. The van der Waals surface area contributed by atoms with Crippen LogP contribution in [-0.2, 0) is 18.7 Å². The third-order valence-corrected chi connectivity index (χ3v) is 8.30. The van der Waals surface area contributed by atoms with Gasteiger partial charge in [0, 0.05) is 19.6 Å². The van der Waals surface area contributed by atoms with Gasteiger partial charge < -0.3 is 13.9 Å². The summed E-state index contributed by atoms with van der Waals surface area (Å²) in [6, 6.07) is 0. The van der Waals surface area contributed by atoms with Crippen LogP contribution in [0.4, 0.5) is 0 Å². The van der Waals surface area contributed by atoms with E-state index in [1.807, 2.05) is 6.92 Å². The molecule has 0 fully saturated rings. The van der Waals surface area contributed by atoms with Gasteiger partial charge in [-0.3, -0.25) is 4.79 Å². The van der Waals surface area contributed by atoms with Crippen molar-refractivity contribution in [2.45, 2.75) is 58.9 Å². The van der Waals surface area contributed by atoms with Gasteiger partial charge in [-0.25, -0.2) is 0 Å². The Bertz CT molecular complexity index is 284. The van der Waals surface area contributed by atoms with E-state index in [4.69, 9.17) is 13.9 Å². The molecule has 0 aromatic heterocycles. The Morgan fingerprint density at radius 2 is 1.79 bits per heavy atom. The molecule has 0 amide bonds. The number of methoxy groups -OCH3 is 1. The first kappa shape index (κ1) is 18.8. The van der Waals surface area contributed by atoms with Crippen molar-refractivity contribution in [3.05, 3.63) is 0 Å². The molecule has 0 radical (unpaired) electrons. The minimum Gasteiger partial charge on any atom is -0.416 e. The summed E-state index contributed by atoms with van der Waals surface area (Å²) in [5.41, 5.74) is 0. The van der Waals surface area contributed by atoms with Crippen LogP contribution in [0.2, 0.25) is 18.1 Å². The molecule has 0 unspecified atom stereocenters. The van der Waals surface area contributed by atoms with Crippen LogP contribution in [0, 0.1) is 5.92 Å². The second-order valence-corrected chi connectivity index (χ2v) is 11.5. The fourth-order valence-corrected chi connectivity index (χ4v) is 2.58. The van der Waals surface area contributed by atoms with Gasteiger partial charge in [-0.1, -0.05) is 27.7 Å². The lowest BCUT2D eigenvalue weighted by atomic mass is 10.0. The van der Waals surface area contributed by atoms with E-state index in [0.717, 1.165) is 0 Å². The van der Waals surface area contributed by atoms with Crippen LogP contribution in [0.15, 0.2) is 0 Å². The zero-order valence-electron chi connectivity index (χ0n) is 13.7. The van der Waals surface area contributed by atoms with Crippen molar-refractivity contribution in [2.75, 3.05) is 20.5 Å². The highest BCUT2D eigenvalue weighted by Gasteiger charge is 2.38. The van der Waals surface area contributed by atoms with E-state index >= 15 is 0 Å². The molecule has 0 aliphatic carbocycles. The molecule has 0 heterocycles. The predicted molar refractivity (Wildman–Crippen MR) is 79.7 cm³/mol. The highest BCUT2D eigenvalue weighted by atomic mass is 28.4. The van der Waals surface area contributed by atoms with Crippen LogP contribution in [0.1, 0.15) is 34.6 Å². The predicted octanol–water partition coefficient (Wildman–Crippen LogP) is 3.22. The van der Waals surface area contributed by atoms with Crippen LogP contribution in [-0.4, -0.2) is 40.7 Å². The summed E-state index contributed by atoms with van der Waals surface area (Å²) in [4.78, 5) is 11.6. The second kappa shape index (κ2) is 7.52. The van der Waals surface area contributed by atoms with Crippen molar-refractivity contribution >= 4 is 14.1 Å². The van der Waals surface area contributed by atoms with Gasteiger partial charge in [0.15, 0.2) is 14.1 Å². The van der Waals surface area contributed by atoms with E-state index < -0.39 is 14.4 Å². The molecule has 0 aromatic carbocycles. The van der Waals surface area contributed by atoms with Crippen LogP contribution in [0.3, 0.4) is 0 Å². The molecule has 0 aliphatic rings. The monoisotopic (exact) mass is 290 g/mol. The number of rotatable bonds is 8. The van der Waals surface area contributed by atoms with Gasteiger partial charge in [0.25, 0.3) is 0 Å². The number of hydrogen-bond acceptors (Lipinski definition) is 4. The molecule has 114 valence electrons. The van der Waals surface area contributed by atoms with Gasteiger partial charge in [-0.15, -0.1) is 0 Å². The van der Waals surface area contributed by atoms with Gasteiger partial charge in [0.2, 0.25) is 0 Å². The van der Waals surface area contributed by atoms with Gasteiger partial charge in [-0.05, 0) is 25.1 Å². The molecule has 0 spiro atoms. The molecule has 0 saturated carbocycles. The number of ether oxygens (including phenoxy) is 2. The van der Waals surface area contributed by atoms with E-state index in [2.05, 4.69) is 33.9 Å². The summed E-state index contributed by atoms with van der Waals surface area (Å²) in [5.74, 6) is 0.0464.